The summed E-state index contributed by atoms with van der Waals surface area (Å²) in [6, 6.07) is 5.90. The third kappa shape index (κ3) is 1.56. The molecule has 0 bridgehead atoms. The van der Waals surface area contributed by atoms with Gasteiger partial charge in [0.15, 0.2) is 0 Å². The third-order valence-corrected chi connectivity index (χ3v) is 2.93. The van der Waals surface area contributed by atoms with Gasteiger partial charge in [-0.15, -0.1) is 0 Å². The van der Waals surface area contributed by atoms with Gasteiger partial charge >= 0.3 is 0 Å². The minimum atomic E-state index is 0.789. The van der Waals surface area contributed by atoms with Crippen molar-refractivity contribution in [3.05, 3.63) is 39.5 Å². The van der Waals surface area contributed by atoms with Crippen LogP contribution in [0.1, 0.15) is 5.56 Å². The van der Waals surface area contributed by atoms with Crippen LogP contribution in [-0.4, -0.2) is 4.98 Å². The Bertz CT molecular complexity index is 468. The van der Waals surface area contributed by atoms with Gasteiger partial charge in [-0.25, -0.2) is 0 Å². The Labute approximate surface area is 89.9 Å². The van der Waals surface area contributed by atoms with Gasteiger partial charge in [-0.3, -0.25) is 4.98 Å². The van der Waals surface area contributed by atoms with E-state index in [0.29, 0.717) is 0 Å². The van der Waals surface area contributed by atoms with Crippen molar-refractivity contribution >= 4 is 38.4 Å². The van der Waals surface area contributed by atoms with E-state index < -0.39 is 0 Å². The number of hydrogen-bond donors (Lipinski definition) is 0. The summed E-state index contributed by atoms with van der Waals surface area (Å²) in [4.78, 5) is 4.29. The zero-order chi connectivity index (χ0) is 9.42. The predicted molar refractivity (Wildman–Crippen MR) is 59.2 cm³/mol. The maximum absolute atomic E-state index is 6.12. The SMILES string of the molecule is Cc1cnc2cc(Br)ccc2c1Cl. The van der Waals surface area contributed by atoms with E-state index in [1.807, 2.05) is 25.1 Å². The molecule has 0 unspecified atom stereocenters. The fourth-order valence-corrected chi connectivity index (χ4v) is 1.79. The molecule has 66 valence electrons. The van der Waals surface area contributed by atoms with E-state index in [1.54, 1.807) is 6.20 Å². The summed E-state index contributed by atoms with van der Waals surface area (Å²) in [7, 11) is 0. The highest BCUT2D eigenvalue weighted by molar-refractivity contribution is 9.10. The maximum Gasteiger partial charge on any atom is 0.0728 e. The van der Waals surface area contributed by atoms with Crippen LogP contribution in [0.3, 0.4) is 0 Å². The average Bonchev–Trinajstić information content (AvgIpc) is 2.12. The standard InChI is InChI=1S/C10H7BrClN/c1-6-5-13-9-4-7(11)2-3-8(9)10(6)12/h2-5H,1H3. The first-order chi connectivity index (χ1) is 6.18. The predicted octanol–water partition coefficient (Wildman–Crippen LogP) is 3.96. The highest BCUT2D eigenvalue weighted by Crippen LogP contribution is 2.26. The Morgan fingerprint density at radius 3 is 2.92 bits per heavy atom. The second kappa shape index (κ2) is 3.28. The monoisotopic (exact) mass is 255 g/mol. The van der Waals surface area contributed by atoms with E-state index in [2.05, 4.69) is 20.9 Å². The van der Waals surface area contributed by atoms with Gasteiger partial charge in [-0.05, 0) is 24.6 Å². The Morgan fingerprint density at radius 1 is 1.38 bits per heavy atom. The Morgan fingerprint density at radius 2 is 2.15 bits per heavy atom. The quantitative estimate of drug-likeness (QED) is 0.695. The van der Waals surface area contributed by atoms with Crippen molar-refractivity contribution in [2.45, 2.75) is 6.92 Å². The molecule has 0 radical (unpaired) electrons. The van der Waals surface area contributed by atoms with Crippen LogP contribution < -0.4 is 0 Å². The Balaban J connectivity index is 2.87. The lowest BCUT2D eigenvalue weighted by Gasteiger charge is -2.02. The van der Waals surface area contributed by atoms with E-state index in [-0.39, 0.29) is 0 Å². The fraction of sp³-hybridized carbons (Fsp3) is 0.100. The molecular weight excluding hydrogens is 249 g/mol. The highest BCUT2D eigenvalue weighted by Gasteiger charge is 2.02. The van der Waals surface area contributed by atoms with Gasteiger partial charge in [0.2, 0.25) is 0 Å². The molecule has 0 amide bonds. The molecule has 0 saturated carbocycles. The van der Waals surface area contributed by atoms with Crippen molar-refractivity contribution in [3.63, 3.8) is 0 Å². The van der Waals surface area contributed by atoms with E-state index in [1.165, 1.54) is 0 Å². The van der Waals surface area contributed by atoms with Crippen LogP contribution >= 0.6 is 27.5 Å². The van der Waals surface area contributed by atoms with Crippen molar-refractivity contribution in [3.8, 4) is 0 Å². The van der Waals surface area contributed by atoms with Gasteiger partial charge in [-0.2, -0.15) is 0 Å². The molecule has 1 aromatic heterocycles. The lowest BCUT2D eigenvalue weighted by molar-refractivity contribution is 1.33. The van der Waals surface area contributed by atoms with Crippen LogP contribution in [0.5, 0.6) is 0 Å². The second-order valence-electron chi connectivity index (χ2n) is 2.92. The molecule has 0 fully saturated rings. The average molecular weight is 257 g/mol. The highest BCUT2D eigenvalue weighted by atomic mass is 79.9. The second-order valence-corrected chi connectivity index (χ2v) is 4.21. The molecule has 0 aliphatic carbocycles. The van der Waals surface area contributed by atoms with Crippen LogP contribution in [0.25, 0.3) is 10.9 Å². The maximum atomic E-state index is 6.12. The zero-order valence-electron chi connectivity index (χ0n) is 7.01. The minimum Gasteiger partial charge on any atom is -0.256 e. The molecule has 13 heavy (non-hydrogen) atoms. The molecule has 0 spiro atoms. The number of aromatic nitrogens is 1. The van der Waals surface area contributed by atoms with E-state index in [4.69, 9.17) is 11.6 Å². The molecule has 1 heterocycles. The lowest BCUT2D eigenvalue weighted by Crippen LogP contribution is -1.83. The van der Waals surface area contributed by atoms with Gasteiger partial charge in [-0.1, -0.05) is 33.6 Å². The number of rotatable bonds is 0. The number of hydrogen-bond acceptors (Lipinski definition) is 1. The van der Waals surface area contributed by atoms with Crippen molar-refractivity contribution in [2.75, 3.05) is 0 Å². The van der Waals surface area contributed by atoms with Crippen LogP contribution in [0, 0.1) is 6.92 Å². The van der Waals surface area contributed by atoms with Crippen molar-refractivity contribution in [1.82, 2.24) is 4.98 Å². The summed E-state index contributed by atoms with van der Waals surface area (Å²) in [5.41, 5.74) is 1.93. The molecule has 0 atom stereocenters. The molecule has 0 aliphatic rings. The molecular formula is C10H7BrClN. The first-order valence-corrected chi connectivity index (χ1v) is 5.06. The Hall–Kier alpha value is -0.600. The van der Waals surface area contributed by atoms with Gasteiger partial charge < -0.3 is 0 Å². The molecule has 2 aromatic rings. The largest absolute Gasteiger partial charge is 0.256 e. The first-order valence-electron chi connectivity index (χ1n) is 3.89. The molecule has 1 nitrogen and oxygen atoms in total. The summed E-state index contributed by atoms with van der Waals surface area (Å²) in [6.07, 6.45) is 1.79. The number of fused-ring (bicyclic) bond motifs is 1. The van der Waals surface area contributed by atoms with E-state index in [0.717, 1.165) is 26.0 Å². The number of pyridine rings is 1. The van der Waals surface area contributed by atoms with Crippen LogP contribution in [0.4, 0.5) is 0 Å². The van der Waals surface area contributed by atoms with Crippen molar-refractivity contribution in [1.29, 1.82) is 0 Å². The number of aryl methyl sites for hydroxylation is 1. The van der Waals surface area contributed by atoms with Crippen LogP contribution in [0.15, 0.2) is 28.9 Å². The van der Waals surface area contributed by atoms with Crippen LogP contribution in [0.2, 0.25) is 5.02 Å². The molecule has 3 heteroatoms. The minimum absolute atomic E-state index is 0.789. The van der Waals surface area contributed by atoms with E-state index >= 15 is 0 Å². The lowest BCUT2D eigenvalue weighted by atomic mass is 10.2. The molecule has 2 rings (SSSR count). The van der Waals surface area contributed by atoms with Crippen LogP contribution in [-0.2, 0) is 0 Å². The normalized spacial score (nSPS) is 10.7. The van der Waals surface area contributed by atoms with Gasteiger partial charge in [0.1, 0.15) is 0 Å². The number of benzene rings is 1. The number of nitrogens with zero attached hydrogens (tertiary/aromatic N) is 1. The molecule has 0 N–H and O–H groups in total. The van der Waals surface area contributed by atoms with E-state index in [9.17, 15) is 0 Å². The molecule has 0 aliphatic heterocycles. The van der Waals surface area contributed by atoms with Crippen molar-refractivity contribution < 1.29 is 0 Å². The topological polar surface area (TPSA) is 12.9 Å². The summed E-state index contributed by atoms with van der Waals surface area (Å²) in [5, 5.41) is 1.79. The zero-order valence-corrected chi connectivity index (χ0v) is 9.35. The van der Waals surface area contributed by atoms with Gasteiger partial charge in [0.05, 0.1) is 10.5 Å². The van der Waals surface area contributed by atoms with Gasteiger partial charge in [0.25, 0.3) is 0 Å². The third-order valence-electron chi connectivity index (χ3n) is 1.94. The summed E-state index contributed by atoms with van der Waals surface area (Å²) >= 11 is 9.52. The molecule has 1 aromatic carbocycles. The summed E-state index contributed by atoms with van der Waals surface area (Å²) in [5.74, 6) is 0. The fourth-order valence-electron chi connectivity index (χ4n) is 1.23. The van der Waals surface area contributed by atoms with Crippen molar-refractivity contribution in [2.24, 2.45) is 0 Å². The van der Waals surface area contributed by atoms with Gasteiger partial charge in [0, 0.05) is 16.1 Å². The number of halogens is 2. The first kappa shape index (κ1) is 8.97. The molecule has 0 saturated heterocycles. The summed E-state index contributed by atoms with van der Waals surface area (Å²) in [6.45, 7) is 1.96. The smallest absolute Gasteiger partial charge is 0.0728 e. The Kier molecular flexibility index (Phi) is 2.26. The summed E-state index contributed by atoms with van der Waals surface area (Å²) < 4.78 is 1.02.